The van der Waals surface area contributed by atoms with Crippen molar-refractivity contribution in [3.8, 4) is 17.2 Å². The van der Waals surface area contributed by atoms with Crippen molar-refractivity contribution in [1.82, 2.24) is 4.90 Å². The summed E-state index contributed by atoms with van der Waals surface area (Å²) in [5, 5.41) is 0. The van der Waals surface area contributed by atoms with Crippen molar-refractivity contribution < 1.29 is 42.7 Å². The van der Waals surface area contributed by atoms with Crippen molar-refractivity contribution in [1.29, 1.82) is 0 Å². The second-order valence-electron chi connectivity index (χ2n) is 14.4. The largest absolute Gasteiger partial charge is 0.483 e. The Bertz CT molecular complexity index is 1780. The molecule has 0 aliphatic carbocycles. The molecule has 0 radical (unpaired) electrons. The Labute approximate surface area is 320 Å². The molecule has 10 heteroatoms. The molecule has 3 aromatic rings. The number of carbonyl (C=O) groups excluding carboxylic acids is 2. The van der Waals surface area contributed by atoms with E-state index in [4.69, 9.17) is 33.2 Å². The summed E-state index contributed by atoms with van der Waals surface area (Å²) in [6, 6.07) is 18.9. The minimum absolute atomic E-state index is 0.0223. The molecule has 0 saturated heterocycles. The van der Waals surface area contributed by atoms with Crippen molar-refractivity contribution >= 4 is 11.9 Å². The molecule has 5 rings (SSSR count). The number of hydrogen-bond acceptors (Lipinski definition) is 9. The van der Waals surface area contributed by atoms with Crippen LogP contribution in [0, 0.1) is 0 Å². The Kier molecular flexibility index (Phi) is 14.3. The summed E-state index contributed by atoms with van der Waals surface area (Å²) in [5.74, 6) is 1.21. The highest BCUT2D eigenvalue weighted by molar-refractivity contribution is 6.00. The average molecular weight is 742 g/mol. The fraction of sp³-hybridized carbons (Fsp3) is 0.455. The van der Waals surface area contributed by atoms with Crippen molar-refractivity contribution in [3.05, 3.63) is 112 Å². The lowest BCUT2D eigenvalue weighted by Crippen LogP contribution is -2.52. The van der Waals surface area contributed by atoms with Gasteiger partial charge < -0.3 is 38.1 Å². The molecule has 2 heterocycles. The zero-order valence-corrected chi connectivity index (χ0v) is 32.8. The standard InChI is InChI=1S/C44H55NO9/c1-30(2)13-11-14-31(3)15-12-23-44(4)39(53-43(47)40(50-7)33-16-9-8-10-17-33)26-36-38(52-29-49-6)25-35-37(41(36)54-44)27-45(42(35)46)24-22-32-18-20-34(21-19-32)51-28-48-5/h8-10,13,15-21,25,39-40H,11-12,14,22-24,26-29H2,1-7H3/b31-15+/t39-,40-,44+/m0/s1. The number of hydrogen-bond donors (Lipinski definition) is 0. The molecule has 54 heavy (non-hydrogen) atoms. The van der Waals surface area contributed by atoms with E-state index in [1.54, 1.807) is 20.3 Å². The molecule has 290 valence electrons. The van der Waals surface area contributed by atoms with Crippen LogP contribution in [0.2, 0.25) is 0 Å². The van der Waals surface area contributed by atoms with Gasteiger partial charge in [-0.3, -0.25) is 4.79 Å². The third-order valence-corrected chi connectivity index (χ3v) is 10.0. The average Bonchev–Trinajstić information content (AvgIpc) is 3.48. The Hall–Kier alpha value is -4.64. The molecule has 2 aliphatic rings. The summed E-state index contributed by atoms with van der Waals surface area (Å²) in [4.78, 5) is 29.6. The van der Waals surface area contributed by atoms with Gasteiger partial charge in [0, 0.05) is 45.4 Å². The maximum Gasteiger partial charge on any atom is 0.340 e. The van der Waals surface area contributed by atoms with Gasteiger partial charge in [-0.15, -0.1) is 0 Å². The van der Waals surface area contributed by atoms with Gasteiger partial charge in [0.25, 0.3) is 5.91 Å². The van der Waals surface area contributed by atoms with Crippen molar-refractivity contribution in [2.45, 2.75) is 90.6 Å². The van der Waals surface area contributed by atoms with Crippen molar-refractivity contribution in [2.75, 3.05) is 41.5 Å². The SMILES string of the molecule is COCOc1ccc(CCN2Cc3c(cc(OCOC)c4c3O[C@](C)(CC/C=C(\C)CCC=C(C)C)[C@@H](OC(=O)[C@@H](OC)c3ccccc3)C4)C2=O)cc1. The third kappa shape index (κ3) is 10.1. The first kappa shape index (κ1) is 40.5. The van der Waals surface area contributed by atoms with Crippen LogP contribution in [0.15, 0.2) is 84.0 Å². The quantitative estimate of drug-likeness (QED) is 0.0682. The first-order valence-electron chi connectivity index (χ1n) is 18.6. The fourth-order valence-electron chi connectivity index (χ4n) is 6.97. The molecule has 0 fully saturated rings. The number of fused-ring (bicyclic) bond motifs is 3. The second-order valence-corrected chi connectivity index (χ2v) is 14.4. The van der Waals surface area contributed by atoms with E-state index in [1.165, 1.54) is 18.3 Å². The molecule has 0 N–H and O–H groups in total. The second kappa shape index (κ2) is 19.1. The smallest absolute Gasteiger partial charge is 0.340 e. The molecule has 2 aliphatic heterocycles. The lowest BCUT2D eigenvalue weighted by atomic mass is 9.83. The Morgan fingerprint density at radius 3 is 2.35 bits per heavy atom. The molecule has 3 atom stereocenters. The monoisotopic (exact) mass is 741 g/mol. The lowest BCUT2D eigenvalue weighted by Gasteiger charge is -2.43. The van der Waals surface area contributed by atoms with Crippen LogP contribution in [-0.4, -0.2) is 69.9 Å². The molecule has 3 aromatic carbocycles. The van der Waals surface area contributed by atoms with E-state index >= 15 is 0 Å². The van der Waals surface area contributed by atoms with Crippen molar-refractivity contribution in [3.63, 3.8) is 0 Å². The Morgan fingerprint density at radius 1 is 0.944 bits per heavy atom. The molecule has 10 nitrogen and oxygen atoms in total. The molecule has 0 spiro atoms. The van der Waals surface area contributed by atoms with Crippen LogP contribution in [0.1, 0.15) is 92.1 Å². The zero-order chi connectivity index (χ0) is 38.7. The fourth-order valence-corrected chi connectivity index (χ4v) is 6.97. The summed E-state index contributed by atoms with van der Waals surface area (Å²) < 4.78 is 40.9. The summed E-state index contributed by atoms with van der Waals surface area (Å²) in [6.45, 7) is 9.42. The van der Waals surface area contributed by atoms with E-state index in [0.717, 1.165) is 41.7 Å². The predicted octanol–water partition coefficient (Wildman–Crippen LogP) is 8.32. The summed E-state index contributed by atoms with van der Waals surface area (Å²) >= 11 is 0. The molecular formula is C44H55NO9. The number of rotatable bonds is 19. The molecule has 0 bridgehead atoms. The highest BCUT2D eigenvalue weighted by Gasteiger charge is 2.47. The minimum Gasteiger partial charge on any atom is -0.483 e. The highest BCUT2D eigenvalue weighted by Crippen LogP contribution is 2.48. The van der Waals surface area contributed by atoms with E-state index < -0.39 is 23.8 Å². The van der Waals surface area contributed by atoms with E-state index in [2.05, 4.69) is 32.9 Å². The van der Waals surface area contributed by atoms with Crippen molar-refractivity contribution in [2.24, 2.45) is 0 Å². The van der Waals surface area contributed by atoms with Crippen LogP contribution in [0.25, 0.3) is 0 Å². The highest BCUT2D eigenvalue weighted by atomic mass is 16.7. The molecule has 0 unspecified atom stereocenters. The first-order valence-corrected chi connectivity index (χ1v) is 18.6. The van der Waals surface area contributed by atoms with Gasteiger partial charge in [0.2, 0.25) is 0 Å². The number of amides is 1. The molecule has 1 amide bonds. The van der Waals surface area contributed by atoms with Gasteiger partial charge in [-0.25, -0.2) is 4.79 Å². The van der Waals surface area contributed by atoms with Gasteiger partial charge in [0.1, 0.15) is 29.0 Å². The van der Waals surface area contributed by atoms with Gasteiger partial charge in [-0.05, 0) is 89.1 Å². The van der Waals surface area contributed by atoms with E-state index in [-0.39, 0.29) is 19.5 Å². The number of carbonyl (C=O) groups is 2. The molecule has 0 aromatic heterocycles. The maximum absolute atomic E-state index is 13.9. The topological polar surface area (TPSA) is 102 Å². The minimum atomic E-state index is -0.926. The summed E-state index contributed by atoms with van der Waals surface area (Å²) in [5.41, 5.74) is 5.55. The number of nitrogens with zero attached hydrogens (tertiary/aromatic N) is 1. The number of ether oxygens (including phenoxy) is 7. The van der Waals surface area contributed by atoms with Gasteiger partial charge in [-0.2, -0.15) is 0 Å². The molecular weight excluding hydrogens is 686 g/mol. The summed E-state index contributed by atoms with van der Waals surface area (Å²) in [6.07, 6.45) is 7.14. The Balaban J connectivity index is 1.44. The van der Waals surface area contributed by atoms with Crippen LogP contribution >= 0.6 is 0 Å². The van der Waals surface area contributed by atoms with E-state index in [9.17, 15) is 9.59 Å². The number of allylic oxidation sites excluding steroid dienone is 4. The number of esters is 1. The molecule has 0 saturated carbocycles. The van der Waals surface area contributed by atoms with Crippen LogP contribution < -0.4 is 14.2 Å². The normalized spacial score (nSPS) is 18.4. The summed E-state index contributed by atoms with van der Waals surface area (Å²) in [7, 11) is 4.63. The number of methoxy groups -OCH3 is 3. The van der Waals surface area contributed by atoms with Crippen LogP contribution in [0.4, 0.5) is 0 Å². The number of benzene rings is 3. The van der Waals surface area contributed by atoms with Crippen LogP contribution in [-0.2, 0) is 43.1 Å². The predicted molar refractivity (Wildman–Crippen MR) is 207 cm³/mol. The van der Waals surface area contributed by atoms with Crippen LogP contribution in [0.3, 0.4) is 0 Å². The van der Waals surface area contributed by atoms with Crippen LogP contribution in [0.5, 0.6) is 17.2 Å². The van der Waals surface area contributed by atoms with E-state index in [1.807, 2.05) is 66.4 Å². The van der Waals surface area contributed by atoms with Gasteiger partial charge >= 0.3 is 5.97 Å². The van der Waals surface area contributed by atoms with E-state index in [0.29, 0.717) is 55.0 Å². The lowest BCUT2D eigenvalue weighted by molar-refractivity contribution is -0.175. The third-order valence-electron chi connectivity index (χ3n) is 10.0. The van der Waals surface area contributed by atoms with Gasteiger partial charge in [-0.1, -0.05) is 65.8 Å². The van der Waals surface area contributed by atoms with Gasteiger partial charge in [0.15, 0.2) is 19.7 Å². The zero-order valence-electron chi connectivity index (χ0n) is 32.8. The maximum atomic E-state index is 13.9. The Morgan fingerprint density at radius 2 is 1.67 bits per heavy atom. The first-order chi connectivity index (χ1) is 26.1. The van der Waals surface area contributed by atoms with Gasteiger partial charge in [0.05, 0.1) is 12.1 Å².